The van der Waals surface area contributed by atoms with E-state index in [-0.39, 0.29) is 44.3 Å². The van der Waals surface area contributed by atoms with Gasteiger partial charge in [-0.15, -0.1) is 0 Å². The maximum Gasteiger partial charge on any atom is 0.336 e. The number of aryl methyl sites for hydroxylation is 3. The first kappa shape index (κ1) is 82.9. The van der Waals surface area contributed by atoms with E-state index in [1.54, 1.807) is 56.8 Å². The number of hydrogen-bond donors (Lipinski definition) is 0. The Morgan fingerprint density at radius 3 is 1.20 bits per heavy atom. The van der Waals surface area contributed by atoms with Crippen molar-refractivity contribution in [3.8, 4) is 23.0 Å². The molecular formula is C85H102O14. The second-order valence-corrected chi connectivity index (χ2v) is 24.3. The molecule has 6 aromatic rings. The van der Waals surface area contributed by atoms with E-state index in [4.69, 9.17) is 37.9 Å². The van der Waals surface area contributed by atoms with Crippen molar-refractivity contribution in [3.05, 3.63) is 263 Å². The lowest BCUT2D eigenvalue weighted by Crippen LogP contribution is -2.27. The van der Waals surface area contributed by atoms with Crippen molar-refractivity contribution in [1.82, 2.24) is 0 Å². The Balaban J connectivity index is 0.000000344. The molecule has 14 nitrogen and oxygen atoms in total. The second-order valence-electron chi connectivity index (χ2n) is 24.3. The van der Waals surface area contributed by atoms with Gasteiger partial charge in [-0.05, 0) is 167 Å². The lowest BCUT2D eigenvalue weighted by molar-refractivity contribution is -0.158. The third kappa shape index (κ3) is 33.9. The smallest absolute Gasteiger partial charge is 0.336 e. The van der Waals surface area contributed by atoms with Gasteiger partial charge in [-0.25, -0.2) is 19.2 Å². The molecule has 0 bridgehead atoms. The van der Waals surface area contributed by atoms with Crippen molar-refractivity contribution in [2.75, 3.05) is 40.6 Å². The van der Waals surface area contributed by atoms with Crippen molar-refractivity contribution in [1.29, 1.82) is 0 Å². The molecule has 0 radical (unpaired) electrons. The predicted octanol–water partition coefficient (Wildman–Crippen LogP) is 19.2. The molecule has 526 valence electrons. The molecule has 0 fully saturated rings. The van der Waals surface area contributed by atoms with Gasteiger partial charge in [-0.3, -0.25) is 9.59 Å². The van der Waals surface area contributed by atoms with Crippen molar-refractivity contribution < 1.29 is 66.7 Å². The molecule has 0 saturated carbocycles. The van der Waals surface area contributed by atoms with Crippen molar-refractivity contribution >= 4 is 60.1 Å². The molecule has 0 spiro atoms. The largest absolute Gasteiger partial charge is 0.497 e. The molecule has 2 atom stereocenters. The fourth-order valence-electron chi connectivity index (χ4n) is 8.19. The van der Waals surface area contributed by atoms with Gasteiger partial charge in [0.25, 0.3) is 0 Å². The minimum Gasteiger partial charge on any atom is -0.497 e. The summed E-state index contributed by atoms with van der Waals surface area (Å²) in [5.74, 6) is 1.45. The number of ether oxygens (including phenoxy) is 8. The summed E-state index contributed by atoms with van der Waals surface area (Å²) in [6.45, 7) is 26.1. The molecule has 2 unspecified atom stereocenters. The summed E-state index contributed by atoms with van der Waals surface area (Å²) in [4.78, 5) is 70.3. The van der Waals surface area contributed by atoms with Gasteiger partial charge in [0.15, 0.2) is 0 Å². The minimum absolute atomic E-state index is 0.0320. The number of carbonyl (C=O) groups excluding carboxylic acids is 6. The highest BCUT2D eigenvalue weighted by atomic mass is 16.6. The van der Waals surface area contributed by atoms with E-state index >= 15 is 0 Å². The Labute approximate surface area is 588 Å². The number of methoxy groups -OCH3 is 2. The van der Waals surface area contributed by atoms with Gasteiger partial charge in [0.2, 0.25) is 0 Å². The molecule has 0 heterocycles. The van der Waals surface area contributed by atoms with Crippen molar-refractivity contribution in [2.24, 2.45) is 10.8 Å². The zero-order chi connectivity index (χ0) is 73.0. The van der Waals surface area contributed by atoms with Crippen LogP contribution < -0.4 is 18.9 Å². The summed E-state index contributed by atoms with van der Waals surface area (Å²) >= 11 is 0. The zero-order valence-electron chi connectivity index (χ0n) is 60.5. The van der Waals surface area contributed by atoms with Crippen LogP contribution in [0.3, 0.4) is 0 Å². The van der Waals surface area contributed by atoms with Crippen LogP contribution in [0, 0.1) is 31.6 Å². The number of carbonyl (C=O) groups is 6. The maximum atomic E-state index is 11.8. The van der Waals surface area contributed by atoms with Gasteiger partial charge >= 0.3 is 35.8 Å². The van der Waals surface area contributed by atoms with Crippen LogP contribution >= 0.6 is 0 Å². The van der Waals surface area contributed by atoms with Gasteiger partial charge in [0, 0.05) is 29.9 Å². The van der Waals surface area contributed by atoms with Crippen LogP contribution in [0.25, 0.3) is 24.3 Å². The number of benzene rings is 6. The first-order chi connectivity index (χ1) is 47.4. The third-order valence-electron chi connectivity index (χ3n) is 15.8. The van der Waals surface area contributed by atoms with E-state index in [1.165, 1.54) is 46.6 Å². The third-order valence-corrected chi connectivity index (χ3v) is 15.8. The van der Waals surface area contributed by atoms with E-state index in [9.17, 15) is 28.8 Å². The number of allylic oxidation sites excluding steroid dienone is 8. The maximum absolute atomic E-state index is 11.8. The molecule has 0 aliphatic rings. The van der Waals surface area contributed by atoms with Crippen LogP contribution in [0.1, 0.15) is 157 Å². The lowest BCUT2D eigenvalue weighted by atomic mass is 9.91. The first-order valence-corrected chi connectivity index (χ1v) is 33.5. The predicted molar refractivity (Wildman–Crippen MR) is 399 cm³/mol. The van der Waals surface area contributed by atoms with E-state index in [1.807, 2.05) is 214 Å². The van der Waals surface area contributed by atoms with Gasteiger partial charge in [0.1, 0.15) is 49.4 Å². The standard InChI is InChI=1S/C22H24O3.C21H28O5.C21H28O4.C21H22O2/c1-4-17(2)19-11-15-21(16-12-19)25-22(23)8-6-5-7-18-9-13-20(24-3)14-10-18;1-6-21(3,4)20(23)26-14-13-25-19(22)10-8-7-9-17-12-11-16(2)15-18(17)24-5;1-6-21(4,5)20(23)25-14-13-24-19(22)10-8-7-9-18-15-16(2)11-12-17(18)3;1-3-17(2)19-13-15-20(16-14-19)23-21(22)12-8-7-11-18-9-5-4-6-10-18/h5-17H,4H2,1-3H3;7-12,15H,6,13-14H2,1-5H3;7-12,15H,6,13-14H2,1-5H3;4-17H,3H2,1-2H3/b7-5+,8-6+;2*9-7+,10-8+;11-7+,12-8+. The summed E-state index contributed by atoms with van der Waals surface area (Å²) in [5, 5.41) is 0. The quantitative estimate of drug-likeness (QED) is 0.0104. The Morgan fingerprint density at radius 2 is 0.778 bits per heavy atom. The summed E-state index contributed by atoms with van der Waals surface area (Å²) in [7, 11) is 3.25. The first-order valence-electron chi connectivity index (χ1n) is 33.5. The molecule has 99 heavy (non-hydrogen) atoms. The molecular weight excluding hydrogens is 1240 g/mol. The van der Waals surface area contributed by atoms with Gasteiger partial charge < -0.3 is 37.9 Å². The van der Waals surface area contributed by atoms with Crippen LogP contribution in [-0.2, 0) is 47.7 Å². The van der Waals surface area contributed by atoms with Crippen LogP contribution in [0.4, 0.5) is 0 Å². The average Bonchev–Trinajstić information content (AvgIpc) is 1.12. The minimum atomic E-state index is -0.522. The van der Waals surface area contributed by atoms with E-state index in [0.29, 0.717) is 36.2 Å². The fraction of sp³-hybridized carbons (Fsp3) is 0.318. The molecule has 0 aliphatic carbocycles. The number of esters is 6. The Hall–Kier alpha value is -10.3. The van der Waals surface area contributed by atoms with Crippen LogP contribution in [-0.4, -0.2) is 76.5 Å². The summed E-state index contributed by atoms with van der Waals surface area (Å²) < 4.78 is 41.2. The Kier molecular flexibility index (Phi) is 38.5. The fourth-order valence-corrected chi connectivity index (χ4v) is 8.19. The topological polar surface area (TPSA) is 176 Å². The molecule has 6 aromatic carbocycles. The van der Waals surface area contributed by atoms with Crippen molar-refractivity contribution in [2.45, 2.75) is 128 Å². The van der Waals surface area contributed by atoms with Gasteiger partial charge in [0.05, 0.1) is 25.0 Å². The Bertz CT molecular complexity index is 3690. The monoisotopic (exact) mass is 1350 g/mol. The SMILES string of the molecule is CCC(C)(C)C(=O)OCCOC(=O)/C=C/C=C/c1cc(C)ccc1C.CCC(C)(C)C(=O)OCCOC(=O)/C=C/C=C/c1ccc(C)cc1OC.CCC(C)c1ccc(OC(=O)/C=C/C=C/c2ccc(OC)cc2)cc1.CCC(C)c1ccc(OC(=O)/C=C/C=C/c2ccccc2)cc1. The normalized spacial score (nSPS) is 12.2. The van der Waals surface area contributed by atoms with E-state index < -0.39 is 28.7 Å². The molecule has 14 heteroatoms. The molecule has 6 rings (SSSR count). The summed E-state index contributed by atoms with van der Waals surface area (Å²) in [6.07, 6.45) is 30.4. The van der Waals surface area contributed by atoms with Crippen LogP contribution in [0.15, 0.2) is 212 Å². The highest BCUT2D eigenvalue weighted by molar-refractivity contribution is 5.86. The summed E-state index contributed by atoms with van der Waals surface area (Å²) in [5.41, 5.74) is 9.10. The number of hydrogen-bond acceptors (Lipinski definition) is 14. The molecule has 0 aromatic heterocycles. The van der Waals surface area contributed by atoms with Crippen molar-refractivity contribution in [3.63, 3.8) is 0 Å². The van der Waals surface area contributed by atoms with Crippen LogP contribution in [0.5, 0.6) is 23.0 Å². The zero-order valence-corrected chi connectivity index (χ0v) is 60.5. The highest BCUT2D eigenvalue weighted by Crippen LogP contribution is 2.26. The lowest BCUT2D eigenvalue weighted by Gasteiger charge is -2.20. The molecule has 0 aliphatic heterocycles. The molecule has 0 saturated heterocycles. The molecule has 0 N–H and O–H groups in total. The van der Waals surface area contributed by atoms with Crippen LogP contribution in [0.2, 0.25) is 0 Å². The highest BCUT2D eigenvalue weighted by Gasteiger charge is 2.28. The molecule has 0 amide bonds. The number of rotatable bonds is 30. The Morgan fingerprint density at radius 1 is 0.394 bits per heavy atom. The van der Waals surface area contributed by atoms with Gasteiger partial charge in [-0.2, -0.15) is 0 Å². The van der Waals surface area contributed by atoms with E-state index in [0.717, 1.165) is 52.2 Å². The van der Waals surface area contributed by atoms with Gasteiger partial charge in [-0.1, -0.05) is 217 Å². The summed E-state index contributed by atoms with van der Waals surface area (Å²) in [6, 6.07) is 45.1. The second kappa shape index (κ2) is 46.0. The average molecular weight is 1350 g/mol. The van der Waals surface area contributed by atoms with E-state index in [2.05, 4.69) is 45.9 Å².